The summed E-state index contributed by atoms with van der Waals surface area (Å²) in [4.78, 5) is 12.0. The lowest BCUT2D eigenvalue weighted by atomic mass is 9.47. The highest BCUT2D eigenvalue weighted by atomic mass is 16.1. The van der Waals surface area contributed by atoms with Crippen LogP contribution in [0.25, 0.3) is 0 Å². The molecule has 3 aliphatic rings. The first-order chi connectivity index (χ1) is 9.28. The number of ketones is 1. The molecule has 0 radical (unpaired) electrons. The Hall–Kier alpha value is -0.330. The van der Waals surface area contributed by atoms with E-state index in [0.717, 1.165) is 30.1 Å². The molecule has 3 saturated carbocycles. The van der Waals surface area contributed by atoms with Crippen LogP contribution in [0.1, 0.15) is 73.1 Å². The summed E-state index contributed by atoms with van der Waals surface area (Å²) >= 11 is 0. The molecule has 0 aliphatic heterocycles. The maximum absolute atomic E-state index is 12.0. The van der Waals surface area contributed by atoms with Crippen LogP contribution in [0.15, 0.2) is 0 Å². The second-order valence-corrected chi connectivity index (χ2v) is 8.96. The fourth-order valence-electron chi connectivity index (χ4n) is 6.46. The summed E-state index contributed by atoms with van der Waals surface area (Å²) in [6.45, 7) is 11.7. The van der Waals surface area contributed by atoms with E-state index in [1.165, 1.54) is 32.1 Å². The maximum atomic E-state index is 12.0. The van der Waals surface area contributed by atoms with Crippen molar-refractivity contribution in [2.24, 2.45) is 40.4 Å². The van der Waals surface area contributed by atoms with Crippen LogP contribution in [-0.2, 0) is 4.79 Å². The van der Waals surface area contributed by atoms with E-state index >= 15 is 0 Å². The highest BCUT2D eigenvalue weighted by Gasteiger charge is 2.58. The molecule has 0 aromatic rings. The van der Waals surface area contributed by atoms with Crippen LogP contribution < -0.4 is 0 Å². The molecule has 0 heterocycles. The first-order valence-electron chi connectivity index (χ1n) is 8.79. The van der Waals surface area contributed by atoms with Gasteiger partial charge < -0.3 is 0 Å². The molecule has 0 N–H and O–H groups in total. The van der Waals surface area contributed by atoms with Crippen molar-refractivity contribution in [1.29, 1.82) is 0 Å². The zero-order valence-electron chi connectivity index (χ0n) is 14.0. The van der Waals surface area contributed by atoms with Gasteiger partial charge in [0.1, 0.15) is 5.78 Å². The molecule has 0 spiro atoms. The number of hydrogen-bond donors (Lipinski definition) is 0. The average Bonchev–Trinajstić information content (AvgIpc) is 2.71. The predicted octanol–water partition coefficient (Wildman–Crippen LogP) is 5.09. The molecule has 1 heteroatoms. The van der Waals surface area contributed by atoms with E-state index in [2.05, 4.69) is 27.7 Å². The van der Waals surface area contributed by atoms with Crippen LogP contribution in [0, 0.1) is 40.4 Å². The molecule has 6 atom stereocenters. The molecule has 0 amide bonds. The van der Waals surface area contributed by atoms with Gasteiger partial charge >= 0.3 is 0 Å². The van der Waals surface area contributed by atoms with E-state index in [1.54, 1.807) is 0 Å². The molecule has 3 fully saturated rings. The van der Waals surface area contributed by atoms with Crippen molar-refractivity contribution in [2.75, 3.05) is 0 Å². The van der Waals surface area contributed by atoms with Crippen molar-refractivity contribution >= 4 is 5.78 Å². The zero-order valence-corrected chi connectivity index (χ0v) is 14.0. The van der Waals surface area contributed by atoms with Gasteiger partial charge in [0.15, 0.2) is 0 Å². The summed E-state index contributed by atoms with van der Waals surface area (Å²) in [5, 5.41) is 0. The third kappa shape index (κ3) is 1.84. The van der Waals surface area contributed by atoms with Gasteiger partial charge in [0, 0.05) is 5.92 Å². The van der Waals surface area contributed by atoms with Gasteiger partial charge in [-0.1, -0.05) is 27.7 Å². The van der Waals surface area contributed by atoms with Gasteiger partial charge in [-0.3, -0.25) is 4.79 Å². The van der Waals surface area contributed by atoms with Crippen LogP contribution >= 0.6 is 0 Å². The lowest BCUT2D eigenvalue weighted by molar-refractivity contribution is -0.129. The van der Waals surface area contributed by atoms with Gasteiger partial charge in [0.25, 0.3) is 0 Å². The Balaban J connectivity index is 1.90. The van der Waals surface area contributed by atoms with E-state index in [-0.39, 0.29) is 0 Å². The van der Waals surface area contributed by atoms with Crippen molar-refractivity contribution < 1.29 is 4.79 Å². The summed E-state index contributed by atoms with van der Waals surface area (Å²) in [6, 6.07) is 0. The van der Waals surface area contributed by atoms with Crippen molar-refractivity contribution in [3.8, 4) is 0 Å². The predicted molar refractivity (Wildman–Crippen MR) is 83.4 cm³/mol. The van der Waals surface area contributed by atoms with Crippen LogP contribution in [-0.4, -0.2) is 5.78 Å². The number of hydrogen-bond acceptors (Lipinski definition) is 1. The highest BCUT2D eigenvalue weighted by molar-refractivity contribution is 5.79. The minimum absolute atomic E-state index is 0.323. The summed E-state index contributed by atoms with van der Waals surface area (Å²) < 4.78 is 0. The minimum atomic E-state index is 0.323. The monoisotopic (exact) mass is 276 g/mol. The fraction of sp³-hybridized carbons (Fsp3) is 0.947. The Labute approximate surface area is 124 Å². The smallest absolute Gasteiger partial charge is 0.133 e. The first-order valence-corrected chi connectivity index (χ1v) is 8.79. The quantitative estimate of drug-likeness (QED) is 0.652. The molecule has 0 aromatic carbocycles. The SMILES string of the molecule is CC(=O)[C@H]1CCC2C3CCC(C)C(C)(C)C3CC[C@@]21C. The summed E-state index contributed by atoms with van der Waals surface area (Å²) in [7, 11) is 0. The fourth-order valence-corrected chi connectivity index (χ4v) is 6.46. The molecule has 1 nitrogen and oxygen atoms in total. The standard InChI is InChI=1S/C19H32O/c1-12-6-7-14-16(18(12,3)4)10-11-19(5)15(13(2)20)8-9-17(14)19/h12,14-17H,6-11H2,1-5H3/t12?,14?,15-,16?,17?,19-/m1/s1. The number of carbonyl (C=O) groups excluding carboxylic acids is 1. The molecule has 114 valence electrons. The first kappa shape index (κ1) is 14.6. The van der Waals surface area contributed by atoms with Gasteiger partial charge in [-0.05, 0) is 80.0 Å². The molecule has 0 saturated heterocycles. The lowest BCUT2D eigenvalue weighted by Gasteiger charge is -2.57. The van der Waals surface area contributed by atoms with E-state index in [1.807, 2.05) is 6.92 Å². The largest absolute Gasteiger partial charge is 0.300 e. The molecule has 3 rings (SSSR count). The van der Waals surface area contributed by atoms with Crippen LogP contribution in [0.5, 0.6) is 0 Å². The molecule has 20 heavy (non-hydrogen) atoms. The van der Waals surface area contributed by atoms with Gasteiger partial charge in [-0.15, -0.1) is 0 Å². The maximum Gasteiger partial charge on any atom is 0.133 e. The Morgan fingerprint density at radius 3 is 2.30 bits per heavy atom. The van der Waals surface area contributed by atoms with Crippen molar-refractivity contribution in [3.63, 3.8) is 0 Å². The number of rotatable bonds is 1. The second kappa shape index (κ2) is 4.58. The van der Waals surface area contributed by atoms with Gasteiger partial charge in [0.2, 0.25) is 0 Å². The Morgan fingerprint density at radius 1 is 0.950 bits per heavy atom. The second-order valence-electron chi connectivity index (χ2n) is 8.96. The van der Waals surface area contributed by atoms with Crippen molar-refractivity contribution in [3.05, 3.63) is 0 Å². The number of Topliss-reactive ketones (excluding diaryl/α,β-unsaturated/α-hetero) is 1. The third-order valence-corrected chi connectivity index (χ3v) is 8.09. The van der Waals surface area contributed by atoms with Crippen LogP contribution in [0.3, 0.4) is 0 Å². The minimum Gasteiger partial charge on any atom is -0.300 e. The van der Waals surface area contributed by atoms with Crippen molar-refractivity contribution in [2.45, 2.75) is 73.1 Å². The van der Waals surface area contributed by atoms with Crippen LogP contribution in [0.4, 0.5) is 0 Å². The summed E-state index contributed by atoms with van der Waals surface area (Å²) in [5.74, 6) is 4.28. The van der Waals surface area contributed by atoms with Gasteiger partial charge in [0.05, 0.1) is 0 Å². The highest BCUT2D eigenvalue weighted by Crippen LogP contribution is 2.65. The zero-order chi connectivity index (χ0) is 14.7. The number of carbonyl (C=O) groups is 1. The van der Waals surface area contributed by atoms with Crippen molar-refractivity contribution in [1.82, 2.24) is 0 Å². The average molecular weight is 276 g/mol. The van der Waals surface area contributed by atoms with E-state index in [0.29, 0.717) is 22.5 Å². The van der Waals surface area contributed by atoms with E-state index in [9.17, 15) is 4.79 Å². The normalized spacial score (nSPS) is 50.4. The molecule has 0 aromatic heterocycles. The Bertz CT molecular complexity index is 410. The van der Waals surface area contributed by atoms with Gasteiger partial charge in [-0.2, -0.15) is 0 Å². The van der Waals surface area contributed by atoms with Gasteiger partial charge in [-0.25, -0.2) is 0 Å². The topological polar surface area (TPSA) is 17.1 Å². The van der Waals surface area contributed by atoms with E-state index < -0.39 is 0 Å². The molecular weight excluding hydrogens is 244 g/mol. The molecule has 0 bridgehead atoms. The van der Waals surface area contributed by atoms with E-state index in [4.69, 9.17) is 0 Å². The molecular formula is C19H32O. The Kier molecular flexibility index (Phi) is 3.34. The Morgan fingerprint density at radius 2 is 1.65 bits per heavy atom. The third-order valence-electron chi connectivity index (χ3n) is 8.09. The summed E-state index contributed by atoms with van der Waals surface area (Å²) in [5.41, 5.74) is 0.822. The molecule has 3 aliphatic carbocycles. The number of fused-ring (bicyclic) bond motifs is 3. The molecule has 4 unspecified atom stereocenters. The summed E-state index contributed by atoms with van der Waals surface area (Å²) in [6.07, 6.45) is 7.94. The van der Waals surface area contributed by atoms with Crippen LogP contribution in [0.2, 0.25) is 0 Å². The lowest BCUT2D eigenvalue weighted by Crippen LogP contribution is -2.50.